The van der Waals surface area contributed by atoms with Gasteiger partial charge in [-0.1, -0.05) is 45.0 Å². The fraction of sp³-hybridized carbons (Fsp3) is 0.400. The zero-order valence-electron chi connectivity index (χ0n) is 11.2. The van der Waals surface area contributed by atoms with Crippen LogP contribution in [0.15, 0.2) is 29.6 Å². The van der Waals surface area contributed by atoms with Gasteiger partial charge in [-0.15, -0.1) is 11.3 Å². The highest BCUT2D eigenvalue weighted by Gasteiger charge is 2.15. The van der Waals surface area contributed by atoms with E-state index in [1.54, 1.807) is 11.3 Å². The summed E-state index contributed by atoms with van der Waals surface area (Å²) in [7, 11) is 0. The van der Waals surface area contributed by atoms with Gasteiger partial charge in [-0.25, -0.2) is 4.98 Å². The SMILES string of the molecule is CCc1ccc(-c2csc(C(N)C(C)C)n2)cc1. The smallest absolute Gasteiger partial charge is 0.110 e. The van der Waals surface area contributed by atoms with Gasteiger partial charge < -0.3 is 5.73 Å². The van der Waals surface area contributed by atoms with Crippen LogP contribution in [-0.2, 0) is 6.42 Å². The summed E-state index contributed by atoms with van der Waals surface area (Å²) >= 11 is 1.65. The summed E-state index contributed by atoms with van der Waals surface area (Å²) in [5.74, 6) is 0.423. The number of aryl methyl sites for hydroxylation is 1. The predicted octanol–water partition coefficient (Wildman–Crippen LogP) is 4.03. The number of hydrogen-bond donors (Lipinski definition) is 1. The first-order chi connectivity index (χ1) is 8.61. The second-order valence-corrected chi connectivity index (χ2v) is 5.78. The maximum atomic E-state index is 6.12. The van der Waals surface area contributed by atoms with Crippen molar-refractivity contribution in [3.8, 4) is 11.3 Å². The summed E-state index contributed by atoms with van der Waals surface area (Å²) < 4.78 is 0. The molecule has 1 unspecified atom stereocenters. The lowest BCUT2D eigenvalue weighted by Crippen LogP contribution is -2.16. The van der Waals surface area contributed by atoms with Crippen LogP contribution < -0.4 is 5.73 Å². The van der Waals surface area contributed by atoms with E-state index >= 15 is 0 Å². The normalized spacial score (nSPS) is 12.9. The highest BCUT2D eigenvalue weighted by molar-refractivity contribution is 7.10. The molecule has 96 valence electrons. The van der Waals surface area contributed by atoms with E-state index in [1.807, 2.05) is 0 Å². The highest BCUT2D eigenvalue weighted by Crippen LogP contribution is 2.27. The molecule has 0 spiro atoms. The first-order valence-corrected chi connectivity index (χ1v) is 7.30. The van der Waals surface area contributed by atoms with Crippen LogP contribution in [0.1, 0.15) is 37.4 Å². The Bertz CT molecular complexity index is 499. The van der Waals surface area contributed by atoms with Crippen LogP contribution >= 0.6 is 11.3 Å². The zero-order valence-corrected chi connectivity index (χ0v) is 12.0. The van der Waals surface area contributed by atoms with Crippen molar-refractivity contribution in [3.05, 3.63) is 40.2 Å². The molecule has 1 atom stereocenters. The van der Waals surface area contributed by atoms with E-state index in [0.717, 1.165) is 17.1 Å². The molecule has 1 heterocycles. The van der Waals surface area contributed by atoms with Crippen LogP contribution in [-0.4, -0.2) is 4.98 Å². The van der Waals surface area contributed by atoms with Crippen molar-refractivity contribution < 1.29 is 0 Å². The lowest BCUT2D eigenvalue weighted by atomic mass is 10.1. The van der Waals surface area contributed by atoms with Crippen molar-refractivity contribution in [1.82, 2.24) is 4.98 Å². The number of aromatic nitrogens is 1. The summed E-state index contributed by atoms with van der Waals surface area (Å²) in [5.41, 5.74) is 9.69. The van der Waals surface area contributed by atoms with Crippen LogP contribution in [0, 0.1) is 5.92 Å². The van der Waals surface area contributed by atoms with E-state index in [4.69, 9.17) is 5.73 Å². The Balaban J connectivity index is 2.23. The van der Waals surface area contributed by atoms with Gasteiger partial charge >= 0.3 is 0 Å². The molecule has 0 saturated heterocycles. The molecule has 0 fully saturated rings. The Morgan fingerprint density at radius 1 is 1.22 bits per heavy atom. The number of nitrogens with two attached hydrogens (primary N) is 1. The third kappa shape index (κ3) is 2.79. The average molecular weight is 260 g/mol. The third-order valence-corrected chi connectivity index (χ3v) is 4.13. The van der Waals surface area contributed by atoms with Crippen molar-refractivity contribution in [2.75, 3.05) is 0 Å². The molecule has 0 bridgehead atoms. The second-order valence-electron chi connectivity index (χ2n) is 4.89. The van der Waals surface area contributed by atoms with E-state index in [0.29, 0.717) is 5.92 Å². The van der Waals surface area contributed by atoms with Gasteiger partial charge in [0.1, 0.15) is 5.01 Å². The van der Waals surface area contributed by atoms with E-state index in [1.165, 1.54) is 11.1 Å². The minimum atomic E-state index is 0.0404. The largest absolute Gasteiger partial charge is 0.322 e. The van der Waals surface area contributed by atoms with Crippen LogP contribution in [0.4, 0.5) is 0 Å². The molecule has 2 rings (SSSR count). The fourth-order valence-electron chi connectivity index (χ4n) is 1.77. The van der Waals surface area contributed by atoms with Crippen molar-refractivity contribution >= 4 is 11.3 Å². The van der Waals surface area contributed by atoms with Gasteiger partial charge in [0.2, 0.25) is 0 Å². The minimum absolute atomic E-state index is 0.0404. The highest BCUT2D eigenvalue weighted by atomic mass is 32.1. The minimum Gasteiger partial charge on any atom is -0.322 e. The lowest BCUT2D eigenvalue weighted by molar-refractivity contribution is 0.512. The average Bonchev–Trinajstić information content (AvgIpc) is 2.87. The fourth-order valence-corrected chi connectivity index (χ4v) is 2.77. The van der Waals surface area contributed by atoms with Crippen molar-refractivity contribution in [1.29, 1.82) is 0 Å². The maximum Gasteiger partial charge on any atom is 0.110 e. The molecular formula is C15H20N2S. The number of hydrogen-bond acceptors (Lipinski definition) is 3. The Kier molecular flexibility index (Phi) is 4.15. The van der Waals surface area contributed by atoms with Crippen molar-refractivity contribution in [2.45, 2.75) is 33.2 Å². The van der Waals surface area contributed by atoms with E-state index in [9.17, 15) is 0 Å². The van der Waals surface area contributed by atoms with Crippen LogP contribution in [0.2, 0.25) is 0 Å². The molecule has 2 nitrogen and oxygen atoms in total. The topological polar surface area (TPSA) is 38.9 Å². The molecule has 2 aromatic rings. The number of rotatable bonds is 4. The maximum absolute atomic E-state index is 6.12. The van der Waals surface area contributed by atoms with Crippen LogP contribution in [0.5, 0.6) is 0 Å². The van der Waals surface area contributed by atoms with Crippen LogP contribution in [0.25, 0.3) is 11.3 Å². The van der Waals surface area contributed by atoms with Gasteiger partial charge in [0.25, 0.3) is 0 Å². The Labute approximate surface area is 113 Å². The van der Waals surface area contributed by atoms with Gasteiger partial charge in [-0.05, 0) is 17.9 Å². The van der Waals surface area contributed by atoms with Crippen molar-refractivity contribution in [3.63, 3.8) is 0 Å². The molecule has 0 amide bonds. The molecule has 0 radical (unpaired) electrons. The first-order valence-electron chi connectivity index (χ1n) is 6.42. The van der Waals surface area contributed by atoms with E-state index < -0.39 is 0 Å². The molecule has 0 saturated carbocycles. The standard InChI is InChI=1S/C15H20N2S/c1-4-11-5-7-12(8-6-11)13-9-18-15(17-13)14(16)10(2)3/h5-10,14H,4,16H2,1-3H3. The molecular weight excluding hydrogens is 240 g/mol. The molecule has 2 N–H and O–H groups in total. The quantitative estimate of drug-likeness (QED) is 0.901. The van der Waals surface area contributed by atoms with Crippen LogP contribution in [0.3, 0.4) is 0 Å². The van der Waals surface area contributed by atoms with E-state index in [-0.39, 0.29) is 6.04 Å². The molecule has 3 heteroatoms. The Hall–Kier alpha value is -1.19. The van der Waals surface area contributed by atoms with Gasteiger partial charge in [0.05, 0.1) is 11.7 Å². The Morgan fingerprint density at radius 2 is 1.89 bits per heavy atom. The molecule has 0 aliphatic rings. The molecule has 1 aromatic carbocycles. The van der Waals surface area contributed by atoms with Gasteiger partial charge in [0.15, 0.2) is 0 Å². The number of benzene rings is 1. The Morgan fingerprint density at radius 3 is 2.44 bits per heavy atom. The second kappa shape index (κ2) is 5.63. The first kappa shape index (κ1) is 13.2. The number of thiazole rings is 1. The van der Waals surface area contributed by atoms with Gasteiger partial charge in [-0.2, -0.15) is 0 Å². The van der Waals surface area contributed by atoms with Gasteiger partial charge in [-0.3, -0.25) is 0 Å². The number of nitrogens with zero attached hydrogens (tertiary/aromatic N) is 1. The summed E-state index contributed by atoms with van der Waals surface area (Å²) in [6.07, 6.45) is 1.07. The molecule has 0 aliphatic heterocycles. The molecule has 1 aromatic heterocycles. The predicted molar refractivity (Wildman–Crippen MR) is 78.7 cm³/mol. The molecule has 0 aliphatic carbocycles. The monoisotopic (exact) mass is 260 g/mol. The summed E-state index contributed by atoms with van der Waals surface area (Å²) in [4.78, 5) is 4.65. The van der Waals surface area contributed by atoms with Crippen molar-refractivity contribution in [2.24, 2.45) is 11.7 Å². The summed E-state index contributed by atoms with van der Waals surface area (Å²) in [5, 5.41) is 3.12. The van der Waals surface area contributed by atoms with Gasteiger partial charge in [0, 0.05) is 10.9 Å². The summed E-state index contributed by atoms with van der Waals surface area (Å²) in [6.45, 7) is 6.42. The third-order valence-electron chi connectivity index (χ3n) is 3.18. The summed E-state index contributed by atoms with van der Waals surface area (Å²) in [6, 6.07) is 8.64. The zero-order chi connectivity index (χ0) is 13.1. The molecule has 18 heavy (non-hydrogen) atoms. The van der Waals surface area contributed by atoms with E-state index in [2.05, 4.69) is 55.4 Å². The lowest BCUT2D eigenvalue weighted by Gasteiger charge is -2.11.